The van der Waals surface area contributed by atoms with Crippen LogP contribution in [0.2, 0.25) is 0 Å². The van der Waals surface area contributed by atoms with E-state index in [1.807, 2.05) is 12.1 Å². The highest BCUT2D eigenvalue weighted by Gasteiger charge is 2.16. The minimum Gasteiger partial charge on any atom is -0.508 e. The number of hydrogen-bond acceptors (Lipinski definition) is 4. The highest BCUT2D eigenvalue weighted by atomic mass is 16.3. The van der Waals surface area contributed by atoms with Crippen molar-refractivity contribution in [2.45, 2.75) is 51.5 Å². The third kappa shape index (κ3) is 5.02. The first-order valence-electron chi connectivity index (χ1n) is 10.8. The van der Waals surface area contributed by atoms with Crippen LogP contribution in [0.1, 0.15) is 54.4 Å². The van der Waals surface area contributed by atoms with Crippen LogP contribution >= 0.6 is 0 Å². The summed E-state index contributed by atoms with van der Waals surface area (Å²) in [6.07, 6.45) is 6.84. The third-order valence-corrected chi connectivity index (χ3v) is 5.86. The lowest BCUT2D eigenvalue weighted by molar-refractivity contribution is 0.0933. The molecule has 0 radical (unpaired) electrons. The van der Waals surface area contributed by atoms with Crippen molar-refractivity contribution in [1.82, 2.24) is 15.3 Å². The zero-order chi connectivity index (χ0) is 21.8. The Morgan fingerprint density at radius 1 is 1.03 bits per heavy atom. The van der Waals surface area contributed by atoms with Gasteiger partial charge in [-0.3, -0.25) is 4.79 Å². The molecule has 6 nitrogen and oxygen atoms in total. The number of benzene rings is 2. The van der Waals surface area contributed by atoms with Gasteiger partial charge in [-0.25, -0.2) is 4.79 Å². The molecule has 0 spiro atoms. The number of nitrogens with one attached hydrogen (secondary N) is 2. The van der Waals surface area contributed by atoms with Gasteiger partial charge in [-0.1, -0.05) is 37.8 Å². The van der Waals surface area contributed by atoms with Crippen molar-refractivity contribution < 1.29 is 9.90 Å². The third-order valence-electron chi connectivity index (χ3n) is 5.86. The van der Waals surface area contributed by atoms with Gasteiger partial charge in [-0.05, 0) is 67.3 Å². The average molecular weight is 418 g/mol. The number of aromatic hydroxyl groups is 1. The predicted octanol–water partition coefficient (Wildman–Crippen LogP) is 4.57. The number of aromatic amines is 1. The normalized spacial score (nSPS) is 14.7. The fourth-order valence-corrected chi connectivity index (χ4v) is 4.10. The van der Waals surface area contributed by atoms with Crippen molar-refractivity contribution >= 4 is 5.91 Å². The number of amides is 1. The number of rotatable bonds is 4. The molecule has 160 valence electrons. The second-order valence-electron chi connectivity index (χ2n) is 8.23. The number of hydrogen-bond donors (Lipinski definition) is 3. The Hall–Kier alpha value is -3.41. The van der Waals surface area contributed by atoms with Crippen molar-refractivity contribution in [2.75, 3.05) is 0 Å². The number of aryl methyl sites for hydroxylation is 1. The molecule has 3 N–H and O–H groups in total. The summed E-state index contributed by atoms with van der Waals surface area (Å²) >= 11 is 0. The van der Waals surface area contributed by atoms with Crippen molar-refractivity contribution in [2.24, 2.45) is 0 Å². The van der Waals surface area contributed by atoms with E-state index in [1.54, 1.807) is 43.3 Å². The minimum atomic E-state index is -0.466. The van der Waals surface area contributed by atoms with Gasteiger partial charge in [-0.2, -0.15) is 4.98 Å². The Labute approximate surface area is 181 Å². The zero-order valence-corrected chi connectivity index (χ0v) is 17.6. The van der Waals surface area contributed by atoms with E-state index in [-0.39, 0.29) is 17.7 Å². The van der Waals surface area contributed by atoms with Crippen LogP contribution in [0.25, 0.3) is 22.5 Å². The fraction of sp³-hybridized carbons (Fsp3) is 0.320. The number of phenols is 1. The number of H-pyrrole nitrogens is 1. The number of aromatic nitrogens is 2. The molecule has 1 aliphatic rings. The van der Waals surface area contributed by atoms with Crippen LogP contribution < -0.4 is 11.0 Å². The van der Waals surface area contributed by atoms with E-state index in [1.165, 1.54) is 12.8 Å². The van der Waals surface area contributed by atoms with Crippen LogP contribution in [-0.4, -0.2) is 27.0 Å². The van der Waals surface area contributed by atoms with Gasteiger partial charge >= 0.3 is 5.69 Å². The molecule has 4 rings (SSSR count). The molecule has 0 bridgehead atoms. The van der Waals surface area contributed by atoms with Gasteiger partial charge in [-0.15, -0.1) is 0 Å². The Morgan fingerprint density at radius 2 is 1.81 bits per heavy atom. The lowest BCUT2D eigenvalue weighted by Crippen LogP contribution is -2.34. The summed E-state index contributed by atoms with van der Waals surface area (Å²) in [5, 5.41) is 12.9. The molecule has 0 aliphatic heterocycles. The zero-order valence-electron chi connectivity index (χ0n) is 17.6. The molecule has 0 saturated heterocycles. The lowest BCUT2D eigenvalue weighted by atomic mass is 10.0. The quantitative estimate of drug-likeness (QED) is 0.542. The number of nitrogens with zero attached hydrogens (tertiary/aromatic N) is 1. The van der Waals surface area contributed by atoms with E-state index in [4.69, 9.17) is 0 Å². The molecular formula is C25H27N3O3. The van der Waals surface area contributed by atoms with Gasteiger partial charge in [0.25, 0.3) is 5.91 Å². The molecule has 1 aromatic heterocycles. The Morgan fingerprint density at radius 3 is 2.55 bits per heavy atom. The highest BCUT2D eigenvalue weighted by Crippen LogP contribution is 2.26. The number of phenolic OH excluding ortho intramolecular Hbond substituents is 1. The monoisotopic (exact) mass is 417 g/mol. The first kappa shape index (κ1) is 20.8. The first-order chi connectivity index (χ1) is 15.0. The maximum atomic E-state index is 12.8. The van der Waals surface area contributed by atoms with Crippen LogP contribution in [0.15, 0.2) is 53.3 Å². The molecule has 1 aliphatic carbocycles. The number of carbonyl (C=O) groups is 1. The van der Waals surface area contributed by atoms with Gasteiger partial charge in [0.15, 0.2) is 0 Å². The van der Waals surface area contributed by atoms with Crippen LogP contribution in [0, 0.1) is 6.92 Å². The van der Waals surface area contributed by atoms with Crippen molar-refractivity contribution in [1.29, 1.82) is 0 Å². The van der Waals surface area contributed by atoms with Gasteiger partial charge < -0.3 is 15.4 Å². The summed E-state index contributed by atoms with van der Waals surface area (Å²) in [4.78, 5) is 31.9. The van der Waals surface area contributed by atoms with E-state index in [2.05, 4.69) is 15.3 Å². The van der Waals surface area contributed by atoms with Gasteiger partial charge in [0.2, 0.25) is 0 Å². The smallest absolute Gasteiger partial charge is 0.345 e. The largest absolute Gasteiger partial charge is 0.508 e. The minimum absolute atomic E-state index is 0.0838. The highest BCUT2D eigenvalue weighted by molar-refractivity contribution is 5.95. The maximum Gasteiger partial charge on any atom is 0.345 e. The fourth-order valence-electron chi connectivity index (χ4n) is 4.10. The molecule has 1 heterocycles. The van der Waals surface area contributed by atoms with Gasteiger partial charge in [0.1, 0.15) is 5.75 Å². The molecule has 3 aromatic rings. The molecular weight excluding hydrogens is 390 g/mol. The molecule has 0 atom stereocenters. The van der Waals surface area contributed by atoms with E-state index >= 15 is 0 Å². The van der Waals surface area contributed by atoms with E-state index in [0.29, 0.717) is 22.5 Å². The summed E-state index contributed by atoms with van der Waals surface area (Å²) in [6.45, 7) is 1.79. The molecule has 1 saturated carbocycles. The van der Waals surface area contributed by atoms with E-state index in [0.717, 1.165) is 36.8 Å². The first-order valence-corrected chi connectivity index (χ1v) is 10.8. The van der Waals surface area contributed by atoms with Gasteiger partial charge in [0.05, 0.1) is 11.4 Å². The number of carbonyl (C=O) groups excluding carboxylic acids is 1. The maximum absolute atomic E-state index is 12.8. The second kappa shape index (κ2) is 9.16. The van der Waals surface area contributed by atoms with Crippen molar-refractivity contribution in [3.05, 3.63) is 70.1 Å². The Kier molecular flexibility index (Phi) is 6.16. The molecule has 1 amide bonds. The predicted molar refractivity (Wildman–Crippen MR) is 121 cm³/mol. The topological polar surface area (TPSA) is 95.1 Å². The van der Waals surface area contributed by atoms with E-state index < -0.39 is 5.69 Å². The Bertz CT molecular complexity index is 1140. The molecule has 31 heavy (non-hydrogen) atoms. The summed E-state index contributed by atoms with van der Waals surface area (Å²) < 4.78 is 0. The van der Waals surface area contributed by atoms with E-state index in [9.17, 15) is 14.7 Å². The van der Waals surface area contributed by atoms with Crippen LogP contribution in [-0.2, 0) is 0 Å². The lowest BCUT2D eigenvalue weighted by Gasteiger charge is -2.16. The molecule has 0 unspecified atom stereocenters. The SMILES string of the molecule is Cc1cc(-c2cc(-c3cccc(C(=O)NC4CCCCCC4)c3)[nH]c(=O)n2)ccc1O. The van der Waals surface area contributed by atoms with Crippen LogP contribution in [0.5, 0.6) is 5.75 Å². The van der Waals surface area contributed by atoms with Crippen molar-refractivity contribution in [3.8, 4) is 28.3 Å². The standard InChI is InChI=1S/C25H27N3O3/c1-16-13-18(11-12-23(16)29)22-15-21(27-25(31)28-22)17-7-6-8-19(14-17)24(30)26-20-9-4-2-3-5-10-20/h6-8,11-15,20,29H,2-5,9-10H2,1H3,(H,26,30)(H,27,28,31). The summed E-state index contributed by atoms with van der Waals surface area (Å²) in [6, 6.07) is 14.4. The van der Waals surface area contributed by atoms with Crippen LogP contribution in [0.3, 0.4) is 0 Å². The van der Waals surface area contributed by atoms with Crippen LogP contribution in [0.4, 0.5) is 0 Å². The summed E-state index contributed by atoms with van der Waals surface area (Å²) in [5.74, 6) is 0.112. The summed E-state index contributed by atoms with van der Waals surface area (Å²) in [5.41, 5.74) is 3.39. The van der Waals surface area contributed by atoms with Gasteiger partial charge in [0, 0.05) is 17.2 Å². The molecule has 1 fully saturated rings. The van der Waals surface area contributed by atoms with Crippen molar-refractivity contribution in [3.63, 3.8) is 0 Å². The second-order valence-corrected chi connectivity index (χ2v) is 8.23. The molecule has 2 aromatic carbocycles. The Balaban J connectivity index is 1.61. The summed E-state index contributed by atoms with van der Waals surface area (Å²) in [7, 11) is 0. The molecule has 6 heteroatoms. The average Bonchev–Trinajstić information content (AvgIpc) is 3.04.